The Bertz CT molecular complexity index is 657. The van der Waals surface area contributed by atoms with Gasteiger partial charge in [0.15, 0.2) is 5.96 Å². The molecule has 0 aliphatic carbocycles. The fourth-order valence-corrected chi connectivity index (χ4v) is 4.09. The first kappa shape index (κ1) is 16.9. The van der Waals surface area contributed by atoms with E-state index in [0.717, 1.165) is 24.7 Å². The van der Waals surface area contributed by atoms with Crippen LogP contribution in [-0.2, 0) is 6.54 Å². The summed E-state index contributed by atoms with van der Waals surface area (Å²) in [4.78, 5) is 4.32. The average molecular weight is 344 g/mol. The third kappa shape index (κ3) is 4.32. The van der Waals surface area contributed by atoms with Gasteiger partial charge in [-0.2, -0.15) is 16.9 Å². The predicted molar refractivity (Wildman–Crippen MR) is 102 cm³/mol. The van der Waals surface area contributed by atoms with Crippen LogP contribution in [0.1, 0.15) is 25.3 Å². The first-order chi connectivity index (χ1) is 11.7. The van der Waals surface area contributed by atoms with E-state index in [-0.39, 0.29) is 0 Å². The molecule has 0 amide bonds. The average Bonchev–Trinajstić information content (AvgIpc) is 3.28. The highest BCUT2D eigenvalue weighted by Crippen LogP contribution is 2.36. The summed E-state index contributed by atoms with van der Waals surface area (Å²) in [5.41, 5.74) is 2.28. The molecule has 1 aliphatic rings. The number of guanidine groups is 1. The molecule has 1 aliphatic heterocycles. The van der Waals surface area contributed by atoms with E-state index >= 15 is 0 Å². The molecule has 1 unspecified atom stereocenters. The highest BCUT2D eigenvalue weighted by atomic mass is 32.2. The van der Waals surface area contributed by atoms with Crippen LogP contribution in [0.2, 0.25) is 0 Å². The van der Waals surface area contributed by atoms with Crippen LogP contribution in [0.5, 0.6) is 0 Å². The molecule has 0 radical (unpaired) electrons. The zero-order valence-electron chi connectivity index (χ0n) is 14.3. The normalized spacial score (nSPS) is 21.0. The van der Waals surface area contributed by atoms with E-state index in [1.54, 1.807) is 6.20 Å². The van der Waals surface area contributed by atoms with Crippen molar-refractivity contribution in [2.75, 3.05) is 19.3 Å². The van der Waals surface area contributed by atoms with Crippen LogP contribution in [0, 0.1) is 0 Å². The Morgan fingerprint density at radius 2 is 2.17 bits per heavy atom. The number of nitrogens with zero attached hydrogens (tertiary/aromatic N) is 3. The number of benzene rings is 1. The van der Waals surface area contributed by atoms with Gasteiger partial charge in [0, 0.05) is 37.3 Å². The minimum atomic E-state index is 0.336. The van der Waals surface area contributed by atoms with Crippen molar-refractivity contribution >= 4 is 17.7 Å². The summed E-state index contributed by atoms with van der Waals surface area (Å²) in [6.45, 7) is 4.04. The molecule has 0 saturated carbocycles. The van der Waals surface area contributed by atoms with Gasteiger partial charge in [0.05, 0.1) is 5.69 Å². The predicted octanol–water partition coefficient (Wildman–Crippen LogP) is 2.82. The highest BCUT2D eigenvalue weighted by Gasteiger charge is 2.29. The first-order valence-electron chi connectivity index (χ1n) is 8.36. The fraction of sp³-hybridized carbons (Fsp3) is 0.444. The lowest BCUT2D eigenvalue weighted by Gasteiger charge is -2.24. The van der Waals surface area contributed by atoms with Gasteiger partial charge in [0.1, 0.15) is 0 Å². The molecule has 1 aromatic carbocycles. The fourth-order valence-electron chi connectivity index (χ4n) is 2.84. The van der Waals surface area contributed by atoms with Crippen LogP contribution >= 0.6 is 11.8 Å². The van der Waals surface area contributed by atoms with Gasteiger partial charge in [-0.15, -0.1) is 0 Å². The van der Waals surface area contributed by atoms with Crippen LogP contribution in [0.15, 0.2) is 47.7 Å². The second kappa shape index (κ2) is 7.75. The second-order valence-electron chi connectivity index (χ2n) is 6.30. The molecule has 1 atom stereocenters. The van der Waals surface area contributed by atoms with E-state index in [1.807, 2.05) is 24.0 Å². The lowest BCUT2D eigenvalue weighted by atomic mass is 10.1. The lowest BCUT2D eigenvalue weighted by Crippen LogP contribution is -2.43. The summed E-state index contributed by atoms with van der Waals surface area (Å²) in [6, 6.07) is 10.3. The van der Waals surface area contributed by atoms with Gasteiger partial charge in [-0.1, -0.05) is 12.1 Å². The molecule has 1 fully saturated rings. The largest absolute Gasteiger partial charge is 0.355 e. The molecule has 3 rings (SSSR count). The molecule has 1 aromatic heterocycles. The van der Waals surface area contributed by atoms with Gasteiger partial charge in [-0.3, -0.25) is 4.99 Å². The molecule has 2 aromatic rings. The number of hydrogen-bond acceptors (Lipinski definition) is 3. The van der Waals surface area contributed by atoms with Crippen molar-refractivity contribution in [1.82, 2.24) is 20.4 Å². The molecule has 2 heterocycles. The minimum Gasteiger partial charge on any atom is -0.355 e. The molecule has 1 saturated heterocycles. The van der Waals surface area contributed by atoms with Gasteiger partial charge in [0.25, 0.3) is 0 Å². The Morgan fingerprint density at radius 1 is 1.33 bits per heavy atom. The molecular weight excluding hydrogens is 318 g/mol. The van der Waals surface area contributed by atoms with E-state index in [4.69, 9.17) is 0 Å². The van der Waals surface area contributed by atoms with Crippen molar-refractivity contribution in [3.63, 3.8) is 0 Å². The molecule has 2 N–H and O–H groups in total. The summed E-state index contributed by atoms with van der Waals surface area (Å²) in [5, 5.41) is 11.1. The van der Waals surface area contributed by atoms with Crippen molar-refractivity contribution in [3.05, 3.63) is 48.3 Å². The molecule has 128 valence electrons. The van der Waals surface area contributed by atoms with Crippen LogP contribution in [0.3, 0.4) is 0 Å². The minimum absolute atomic E-state index is 0.336. The summed E-state index contributed by atoms with van der Waals surface area (Å²) in [6.07, 6.45) is 6.32. The van der Waals surface area contributed by atoms with Gasteiger partial charge in [-0.05, 0) is 49.3 Å². The lowest BCUT2D eigenvalue weighted by molar-refractivity contribution is 0.584. The zero-order valence-corrected chi connectivity index (χ0v) is 15.1. The van der Waals surface area contributed by atoms with Crippen molar-refractivity contribution in [3.8, 4) is 5.69 Å². The summed E-state index contributed by atoms with van der Waals surface area (Å²) in [7, 11) is 1.82. The third-order valence-corrected chi connectivity index (χ3v) is 5.86. The van der Waals surface area contributed by atoms with E-state index in [1.165, 1.54) is 24.2 Å². The molecule has 24 heavy (non-hydrogen) atoms. The van der Waals surface area contributed by atoms with Crippen LogP contribution < -0.4 is 10.6 Å². The smallest absolute Gasteiger partial charge is 0.191 e. The van der Waals surface area contributed by atoms with Gasteiger partial charge in [-0.25, -0.2) is 4.68 Å². The molecule has 5 nitrogen and oxygen atoms in total. The molecular formula is C18H25N5S. The molecule has 0 bridgehead atoms. The number of hydrogen-bond donors (Lipinski definition) is 2. The van der Waals surface area contributed by atoms with Crippen LogP contribution in [-0.4, -0.2) is 39.8 Å². The summed E-state index contributed by atoms with van der Waals surface area (Å²) < 4.78 is 2.20. The van der Waals surface area contributed by atoms with Crippen molar-refractivity contribution in [2.45, 2.75) is 31.1 Å². The molecule has 6 heteroatoms. The summed E-state index contributed by atoms with van der Waals surface area (Å²) >= 11 is 2.06. The standard InChI is InChI=1S/C18H25N5S/c1-18(9-3-12-24-18)14-21-17(19-2)20-13-15-5-7-16(8-6-15)23-11-4-10-22-23/h4-8,10-11H,3,9,12-14H2,1-2H3,(H2,19,20,21). The van der Waals surface area contributed by atoms with E-state index in [9.17, 15) is 0 Å². The highest BCUT2D eigenvalue weighted by molar-refractivity contribution is 8.00. The maximum atomic E-state index is 4.32. The number of aromatic nitrogens is 2. The van der Waals surface area contributed by atoms with E-state index in [2.05, 4.69) is 63.7 Å². The number of rotatable bonds is 5. The third-order valence-electron chi connectivity index (χ3n) is 4.32. The number of thioether (sulfide) groups is 1. The van der Waals surface area contributed by atoms with Crippen LogP contribution in [0.4, 0.5) is 0 Å². The Balaban J connectivity index is 1.50. The Hall–Kier alpha value is -1.95. The van der Waals surface area contributed by atoms with Crippen molar-refractivity contribution in [1.29, 1.82) is 0 Å². The summed E-state index contributed by atoms with van der Waals surface area (Å²) in [5.74, 6) is 2.13. The first-order valence-corrected chi connectivity index (χ1v) is 9.35. The Kier molecular flexibility index (Phi) is 5.45. The Morgan fingerprint density at radius 3 is 2.79 bits per heavy atom. The maximum absolute atomic E-state index is 4.32. The topological polar surface area (TPSA) is 54.2 Å². The number of aliphatic imine (C=N–C) groups is 1. The van der Waals surface area contributed by atoms with Crippen molar-refractivity contribution in [2.24, 2.45) is 4.99 Å². The van der Waals surface area contributed by atoms with Gasteiger partial charge >= 0.3 is 0 Å². The van der Waals surface area contributed by atoms with E-state index in [0.29, 0.717) is 4.75 Å². The SMILES string of the molecule is CN=C(NCc1ccc(-n2cccn2)cc1)NCC1(C)CCCS1. The zero-order chi connectivity index (χ0) is 16.8. The van der Waals surface area contributed by atoms with Crippen molar-refractivity contribution < 1.29 is 0 Å². The number of nitrogens with one attached hydrogen (secondary N) is 2. The molecule has 0 spiro atoms. The quantitative estimate of drug-likeness (QED) is 0.647. The van der Waals surface area contributed by atoms with Gasteiger partial charge in [0.2, 0.25) is 0 Å². The Labute approximate surface area is 147 Å². The maximum Gasteiger partial charge on any atom is 0.191 e. The van der Waals surface area contributed by atoms with Crippen LogP contribution in [0.25, 0.3) is 5.69 Å². The van der Waals surface area contributed by atoms with Gasteiger partial charge < -0.3 is 10.6 Å². The monoisotopic (exact) mass is 343 g/mol. The second-order valence-corrected chi connectivity index (χ2v) is 7.98. The van der Waals surface area contributed by atoms with E-state index < -0.39 is 0 Å².